The molecule has 2 aromatic rings. The number of rotatable bonds is 2. The third kappa shape index (κ3) is 2.32. The van der Waals surface area contributed by atoms with Gasteiger partial charge in [0.15, 0.2) is 0 Å². The minimum atomic E-state index is -0.293. The highest BCUT2D eigenvalue weighted by molar-refractivity contribution is 5.59. The predicted molar refractivity (Wildman–Crippen MR) is 72.2 cm³/mol. The number of anilines is 3. The molecule has 0 saturated carbocycles. The lowest BCUT2D eigenvalue weighted by molar-refractivity contribution is 0.875. The Morgan fingerprint density at radius 2 is 1.53 bits per heavy atom. The van der Waals surface area contributed by atoms with Crippen LogP contribution in [0.3, 0.4) is 0 Å². The van der Waals surface area contributed by atoms with Crippen LogP contribution in [0.25, 0.3) is 0 Å². The van der Waals surface area contributed by atoms with Gasteiger partial charge in [0.25, 0.3) is 0 Å². The van der Waals surface area contributed by atoms with Gasteiger partial charge in [0, 0.05) is 17.1 Å². The Kier molecular flexibility index (Phi) is 2.89. The Hall–Kier alpha value is -2.20. The van der Waals surface area contributed by atoms with Crippen molar-refractivity contribution in [2.24, 2.45) is 5.73 Å². The molecule has 1 atom stereocenters. The van der Waals surface area contributed by atoms with Crippen LogP contribution in [-0.4, -0.2) is 0 Å². The van der Waals surface area contributed by atoms with E-state index in [0.29, 0.717) is 17.1 Å². The normalized spacial score (nSPS) is 12.3. The Labute approximate surface area is 100 Å². The molecule has 0 saturated heterocycles. The average Bonchev–Trinajstić information content (AvgIpc) is 2.28. The van der Waals surface area contributed by atoms with Gasteiger partial charge in [0.1, 0.15) is 0 Å². The summed E-state index contributed by atoms with van der Waals surface area (Å²) in [6.45, 7) is 0. The molecule has 0 radical (unpaired) electrons. The van der Waals surface area contributed by atoms with Crippen LogP contribution >= 0.6 is 0 Å². The minimum absolute atomic E-state index is 0.293. The predicted octanol–water partition coefficient (Wildman–Crippen LogP) is 1.48. The van der Waals surface area contributed by atoms with E-state index >= 15 is 0 Å². The molecule has 0 aliphatic carbocycles. The van der Waals surface area contributed by atoms with E-state index in [1.54, 1.807) is 12.1 Å². The second-order valence-corrected chi connectivity index (χ2v) is 4.04. The number of hydrogen-bond acceptors (Lipinski definition) is 4. The maximum Gasteiger partial charge on any atom is 0.0572 e. The first-order valence-electron chi connectivity index (χ1n) is 5.34. The maximum absolute atomic E-state index is 6.16. The van der Waals surface area contributed by atoms with Gasteiger partial charge in [-0.2, -0.15) is 0 Å². The second kappa shape index (κ2) is 4.35. The van der Waals surface area contributed by atoms with Gasteiger partial charge in [-0.1, -0.05) is 18.2 Å². The zero-order chi connectivity index (χ0) is 12.4. The van der Waals surface area contributed by atoms with Crippen LogP contribution in [-0.2, 0) is 0 Å². The molecule has 0 amide bonds. The molecular formula is C13H16N4. The Morgan fingerprint density at radius 1 is 0.824 bits per heavy atom. The molecule has 0 aromatic heterocycles. The van der Waals surface area contributed by atoms with Crippen LogP contribution < -0.4 is 22.9 Å². The Bertz CT molecular complexity index is 537. The molecule has 0 fully saturated rings. The quantitative estimate of drug-likeness (QED) is 0.584. The third-order valence-electron chi connectivity index (χ3n) is 2.72. The Morgan fingerprint density at radius 3 is 2.18 bits per heavy atom. The van der Waals surface area contributed by atoms with Gasteiger partial charge in [0.2, 0.25) is 0 Å². The molecule has 0 heterocycles. The molecule has 4 nitrogen and oxygen atoms in total. The van der Waals surface area contributed by atoms with Crippen molar-refractivity contribution in [1.82, 2.24) is 0 Å². The maximum atomic E-state index is 6.16. The van der Waals surface area contributed by atoms with E-state index in [4.69, 9.17) is 22.9 Å². The molecule has 1 unspecified atom stereocenters. The first-order chi connectivity index (χ1) is 8.08. The molecule has 0 spiro atoms. The van der Waals surface area contributed by atoms with E-state index in [-0.39, 0.29) is 6.04 Å². The fourth-order valence-electron chi connectivity index (χ4n) is 1.81. The Balaban J connectivity index is 2.40. The highest BCUT2D eigenvalue weighted by Crippen LogP contribution is 2.27. The SMILES string of the molecule is Nc1cccc(C(N)c2ccc(N)cc2N)c1. The molecular weight excluding hydrogens is 212 g/mol. The lowest BCUT2D eigenvalue weighted by atomic mass is 9.97. The van der Waals surface area contributed by atoms with Crippen molar-refractivity contribution in [2.45, 2.75) is 6.04 Å². The van der Waals surface area contributed by atoms with Gasteiger partial charge in [-0.15, -0.1) is 0 Å². The molecule has 0 bridgehead atoms. The largest absolute Gasteiger partial charge is 0.399 e. The monoisotopic (exact) mass is 228 g/mol. The highest BCUT2D eigenvalue weighted by atomic mass is 14.7. The standard InChI is InChI=1S/C13H16N4/c14-9-3-1-2-8(6-9)13(17)11-5-4-10(15)7-12(11)16/h1-7,13H,14-17H2. The third-order valence-corrected chi connectivity index (χ3v) is 2.72. The van der Waals surface area contributed by atoms with Gasteiger partial charge in [-0.25, -0.2) is 0 Å². The van der Waals surface area contributed by atoms with Gasteiger partial charge < -0.3 is 22.9 Å². The lowest BCUT2D eigenvalue weighted by Gasteiger charge is -2.15. The fourth-order valence-corrected chi connectivity index (χ4v) is 1.81. The number of nitrogen functional groups attached to an aromatic ring is 3. The van der Waals surface area contributed by atoms with Crippen molar-refractivity contribution >= 4 is 17.1 Å². The van der Waals surface area contributed by atoms with Crippen molar-refractivity contribution in [3.8, 4) is 0 Å². The van der Waals surface area contributed by atoms with Crippen LogP contribution in [0.1, 0.15) is 17.2 Å². The summed E-state index contributed by atoms with van der Waals surface area (Å²) in [6, 6.07) is 12.5. The number of hydrogen-bond donors (Lipinski definition) is 4. The van der Waals surface area contributed by atoms with Crippen LogP contribution in [0.15, 0.2) is 42.5 Å². The highest BCUT2D eigenvalue weighted by Gasteiger charge is 2.12. The second-order valence-electron chi connectivity index (χ2n) is 4.04. The summed E-state index contributed by atoms with van der Waals surface area (Å²) in [5.41, 5.74) is 27.1. The van der Waals surface area contributed by atoms with E-state index in [1.165, 1.54) is 0 Å². The molecule has 17 heavy (non-hydrogen) atoms. The summed E-state index contributed by atoms with van der Waals surface area (Å²) < 4.78 is 0. The summed E-state index contributed by atoms with van der Waals surface area (Å²) in [5.74, 6) is 0. The average molecular weight is 228 g/mol. The van der Waals surface area contributed by atoms with Crippen LogP contribution in [0.5, 0.6) is 0 Å². The fraction of sp³-hybridized carbons (Fsp3) is 0.0769. The first-order valence-corrected chi connectivity index (χ1v) is 5.34. The van der Waals surface area contributed by atoms with E-state index in [9.17, 15) is 0 Å². The van der Waals surface area contributed by atoms with E-state index in [1.807, 2.05) is 30.3 Å². The van der Waals surface area contributed by atoms with Crippen molar-refractivity contribution in [1.29, 1.82) is 0 Å². The van der Waals surface area contributed by atoms with Gasteiger partial charge in [0.05, 0.1) is 6.04 Å². The lowest BCUT2D eigenvalue weighted by Crippen LogP contribution is -2.14. The van der Waals surface area contributed by atoms with Crippen LogP contribution in [0.4, 0.5) is 17.1 Å². The topological polar surface area (TPSA) is 104 Å². The van der Waals surface area contributed by atoms with Crippen molar-refractivity contribution in [3.63, 3.8) is 0 Å². The van der Waals surface area contributed by atoms with Crippen molar-refractivity contribution < 1.29 is 0 Å². The molecule has 0 aliphatic heterocycles. The minimum Gasteiger partial charge on any atom is -0.399 e. The van der Waals surface area contributed by atoms with Crippen molar-refractivity contribution in [2.75, 3.05) is 17.2 Å². The van der Waals surface area contributed by atoms with Crippen LogP contribution in [0, 0.1) is 0 Å². The zero-order valence-corrected chi connectivity index (χ0v) is 9.43. The number of benzene rings is 2. The van der Waals surface area contributed by atoms with Crippen LogP contribution in [0.2, 0.25) is 0 Å². The summed E-state index contributed by atoms with van der Waals surface area (Å²) in [4.78, 5) is 0. The summed E-state index contributed by atoms with van der Waals surface area (Å²) >= 11 is 0. The van der Waals surface area contributed by atoms with Gasteiger partial charge >= 0.3 is 0 Å². The van der Waals surface area contributed by atoms with Crippen molar-refractivity contribution in [3.05, 3.63) is 53.6 Å². The molecule has 0 aliphatic rings. The summed E-state index contributed by atoms with van der Waals surface area (Å²) in [6.07, 6.45) is 0. The molecule has 88 valence electrons. The van der Waals surface area contributed by atoms with Gasteiger partial charge in [-0.05, 0) is 35.4 Å². The molecule has 4 heteroatoms. The number of nitrogens with two attached hydrogens (primary N) is 4. The van der Waals surface area contributed by atoms with E-state index in [0.717, 1.165) is 11.1 Å². The smallest absolute Gasteiger partial charge is 0.0572 e. The molecule has 2 aromatic carbocycles. The summed E-state index contributed by atoms with van der Waals surface area (Å²) in [5, 5.41) is 0. The summed E-state index contributed by atoms with van der Waals surface area (Å²) in [7, 11) is 0. The van der Waals surface area contributed by atoms with Gasteiger partial charge in [-0.3, -0.25) is 0 Å². The molecule has 8 N–H and O–H groups in total. The zero-order valence-electron chi connectivity index (χ0n) is 9.43. The van der Waals surface area contributed by atoms with E-state index in [2.05, 4.69) is 0 Å². The molecule has 2 rings (SSSR count). The first kappa shape index (κ1) is 11.3. The van der Waals surface area contributed by atoms with E-state index < -0.39 is 0 Å².